The molecule has 5 heteroatoms. The van der Waals surface area contributed by atoms with Crippen molar-refractivity contribution in [3.05, 3.63) is 77.9 Å². The van der Waals surface area contributed by atoms with Crippen LogP contribution in [0.4, 0.5) is 0 Å². The van der Waals surface area contributed by atoms with Gasteiger partial charge in [-0.3, -0.25) is 9.59 Å². The van der Waals surface area contributed by atoms with E-state index in [0.717, 1.165) is 10.5 Å². The predicted molar refractivity (Wildman–Crippen MR) is 120 cm³/mol. The summed E-state index contributed by atoms with van der Waals surface area (Å²) in [5.41, 5.74) is 1.63. The van der Waals surface area contributed by atoms with Crippen LogP contribution in [0.5, 0.6) is 0 Å². The molecule has 0 aliphatic heterocycles. The predicted octanol–water partition coefficient (Wildman–Crippen LogP) is 4.73. The Morgan fingerprint density at radius 1 is 0.966 bits per heavy atom. The molecule has 0 heterocycles. The summed E-state index contributed by atoms with van der Waals surface area (Å²) >= 11 is 1.53. The Labute approximate surface area is 176 Å². The second kappa shape index (κ2) is 9.61. The highest BCUT2D eigenvalue weighted by atomic mass is 32.2. The zero-order valence-electron chi connectivity index (χ0n) is 17.0. The van der Waals surface area contributed by atoms with Gasteiger partial charge in [-0.05, 0) is 54.4 Å². The molecule has 29 heavy (non-hydrogen) atoms. The smallest absolute Gasteiger partial charge is 0.253 e. The van der Waals surface area contributed by atoms with E-state index >= 15 is 0 Å². The first-order valence-electron chi connectivity index (χ1n) is 9.68. The van der Waals surface area contributed by atoms with Gasteiger partial charge in [0.05, 0.1) is 5.75 Å². The Hall–Kier alpha value is -2.79. The zero-order valence-corrected chi connectivity index (χ0v) is 17.8. The first-order chi connectivity index (χ1) is 13.9. The number of nitrogens with zero attached hydrogens (tertiary/aromatic N) is 1. The van der Waals surface area contributed by atoms with Crippen molar-refractivity contribution < 1.29 is 9.59 Å². The summed E-state index contributed by atoms with van der Waals surface area (Å²) in [7, 11) is 1.80. The van der Waals surface area contributed by atoms with Gasteiger partial charge in [0, 0.05) is 30.1 Å². The Bertz CT molecular complexity index is 999. The number of rotatable bonds is 7. The first-order valence-corrected chi connectivity index (χ1v) is 10.7. The fraction of sp³-hybridized carbons (Fsp3) is 0.250. The van der Waals surface area contributed by atoms with Gasteiger partial charge in [-0.25, -0.2) is 0 Å². The number of carbonyl (C=O) groups is 2. The third-order valence-corrected chi connectivity index (χ3v) is 5.87. The van der Waals surface area contributed by atoms with Crippen molar-refractivity contribution >= 4 is 34.3 Å². The minimum Gasteiger partial charge on any atom is -0.351 e. The second-order valence-corrected chi connectivity index (χ2v) is 8.33. The molecule has 3 aromatic carbocycles. The van der Waals surface area contributed by atoms with Gasteiger partial charge in [0.2, 0.25) is 5.91 Å². The van der Waals surface area contributed by atoms with Crippen LogP contribution in [-0.4, -0.2) is 35.6 Å². The molecule has 3 aromatic rings. The summed E-state index contributed by atoms with van der Waals surface area (Å²) in [6.07, 6.45) is 0. The molecule has 2 amide bonds. The van der Waals surface area contributed by atoms with Crippen molar-refractivity contribution in [2.75, 3.05) is 12.8 Å². The number of thioether (sulfide) groups is 1. The van der Waals surface area contributed by atoms with Gasteiger partial charge < -0.3 is 10.2 Å². The molecule has 0 aliphatic carbocycles. The Kier molecular flexibility index (Phi) is 6.94. The summed E-state index contributed by atoms with van der Waals surface area (Å²) in [5, 5.41) is 5.31. The normalized spacial score (nSPS) is 10.9. The molecule has 4 nitrogen and oxygen atoms in total. The van der Waals surface area contributed by atoms with Crippen molar-refractivity contribution in [2.45, 2.75) is 31.3 Å². The van der Waals surface area contributed by atoms with E-state index in [1.165, 1.54) is 22.5 Å². The van der Waals surface area contributed by atoms with Crippen LogP contribution < -0.4 is 5.32 Å². The summed E-state index contributed by atoms with van der Waals surface area (Å²) in [6.45, 7) is 4.42. The molecule has 0 aromatic heterocycles. The quantitative estimate of drug-likeness (QED) is 0.577. The van der Waals surface area contributed by atoms with Crippen molar-refractivity contribution in [3.8, 4) is 0 Å². The molecule has 0 bridgehead atoms. The topological polar surface area (TPSA) is 49.4 Å². The maximum atomic E-state index is 12.3. The molecule has 0 radical (unpaired) electrons. The average molecular weight is 407 g/mol. The highest BCUT2D eigenvalue weighted by molar-refractivity contribution is 8.00. The lowest BCUT2D eigenvalue weighted by Gasteiger charge is -2.21. The Balaban J connectivity index is 1.49. The van der Waals surface area contributed by atoms with Gasteiger partial charge in [0.15, 0.2) is 0 Å². The molecule has 0 atom stereocenters. The minimum absolute atomic E-state index is 0.00220. The number of amides is 2. The Morgan fingerprint density at radius 3 is 2.34 bits per heavy atom. The van der Waals surface area contributed by atoms with E-state index in [1.807, 2.05) is 56.3 Å². The van der Waals surface area contributed by atoms with Crippen LogP contribution in [0.15, 0.2) is 71.6 Å². The molecule has 0 saturated heterocycles. The van der Waals surface area contributed by atoms with Crippen LogP contribution in [-0.2, 0) is 11.3 Å². The summed E-state index contributed by atoms with van der Waals surface area (Å²) in [5.74, 6) is 0.360. The van der Waals surface area contributed by atoms with Crippen molar-refractivity contribution in [3.63, 3.8) is 0 Å². The standard InChI is InChI=1S/C24H26N2O2S/c1-17(2)26(3)24(28)20-10-8-18(9-11-20)15-25-23(27)16-29-22-13-12-19-6-4-5-7-21(19)14-22/h4-14,17H,15-16H2,1-3H3,(H,25,27). The maximum Gasteiger partial charge on any atom is 0.253 e. The number of fused-ring (bicyclic) bond motifs is 1. The van der Waals surface area contributed by atoms with Crippen LogP contribution in [0.2, 0.25) is 0 Å². The van der Waals surface area contributed by atoms with Crippen molar-refractivity contribution in [1.29, 1.82) is 0 Å². The van der Waals surface area contributed by atoms with Gasteiger partial charge in [-0.2, -0.15) is 0 Å². The second-order valence-electron chi connectivity index (χ2n) is 7.28. The molecule has 0 saturated carbocycles. The molecular weight excluding hydrogens is 380 g/mol. The van der Waals surface area contributed by atoms with Crippen molar-refractivity contribution in [2.24, 2.45) is 0 Å². The SMILES string of the molecule is CC(C)N(C)C(=O)c1ccc(CNC(=O)CSc2ccc3ccccc3c2)cc1. The molecule has 0 fully saturated rings. The number of nitrogens with one attached hydrogen (secondary N) is 1. The molecular formula is C24H26N2O2S. The molecule has 1 N–H and O–H groups in total. The number of benzene rings is 3. The average Bonchev–Trinajstić information content (AvgIpc) is 2.75. The lowest BCUT2D eigenvalue weighted by molar-refractivity contribution is -0.118. The van der Waals surface area contributed by atoms with Gasteiger partial charge >= 0.3 is 0 Å². The summed E-state index contributed by atoms with van der Waals surface area (Å²) < 4.78 is 0. The number of hydrogen-bond acceptors (Lipinski definition) is 3. The van der Waals surface area contributed by atoms with Gasteiger partial charge in [-0.1, -0.05) is 42.5 Å². The lowest BCUT2D eigenvalue weighted by atomic mass is 10.1. The number of carbonyl (C=O) groups excluding carboxylic acids is 2. The molecule has 0 spiro atoms. The van der Waals surface area contributed by atoms with Crippen LogP contribution in [0.1, 0.15) is 29.8 Å². The largest absolute Gasteiger partial charge is 0.351 e. The molecule has 3 rings (SSSR count). The number of hydrogen-bond donors (Lipinski definition) is 1. The van der Waals surface area contributed by atoms with E-state index in [1.54, 1.807) is 11.9 Å². The van der Waals surface area contributed by atoms with Crippen LogP contribution >= 0.6 is 11.8 Å². The van der Waals surface area contributed by atoms with Crippen LogP contribution in [0.25, 0.3) is 10.8 Å². The maximum absolute atomic E-state index is 12.3. The molecule has 150 valence electrons. The third-order valence-electron chi connectivity index (χ3n) is 4.88. The first kappa shape index (κ1) is 20.9. The lowest BCUT2D eigenvalue weighted by Crippen LogP contribution is -2.32. The van der Waals surface area contributed by atoms with E-state index in [2.05, 4.69) is 29.6 Å². The van der Waals surface area contributed by atoms with E-state index in [0.29, 0.717) is 17.9 Å². The van der Waals surface area contributed by atoms with E-state index < -0.39 is 0 Å². The van der Waals surface area contributed by atoms with Crippen LogP contribution in [0.3, 0.4) is 0 Å². The van der Waals surface area contributed by atoms with Crippen LogP contribution in [0, 0.1) is 0 Å². The highest BCUT2D eigenvalue weighted by Gasteiger charge is 2.14. The van der Waals surface area contributed by atoms with Crippen molar-refractivity contribution in [1.82, 2.24) is 10.2 Å². The van der Waals surface area contributed by atoms with Gasteiger partial charge in [0.25, 0.3) is 5.91 Å². The monoisotopic (exact) mass is 406 g/mol. The van der Waals surface area contributed by atoms with E-state index in [9.17, 15) is 9.59 Å². The fourth-order valence-corrected chi connectivity index (χ4v) is 3.64. The van der Waals surface area contributed by atoms with E-state index in [-0.39, 0.29) is 17.9 Å². The zero-order chi connectivity index (χ0) is 20.8. The molecule has 0 aliphatic rings. The third kappa shape index (κ3) is 5.61. The summed E-state index contributed by atoms with van der Waals surface area (Å²) in [6, 6.07) is 22.0. The fourth-order valence-electron chi connectivity index (χ4n) is 2.86. The highest BCUT2D eigenvalue weighted by Crippen LogP contribution is 2.23. The Morgan fingerprint density at radius 2 is 1.66 bits per heavy atom. The van der Waals surface area contributed by atoms with Gasteiger partial charge in [0.1, 0.15) is 0 Å². The minimum atomic E-state index is -0.0112. The van der Waals surface area contributed by atoms with Gasteiger partial charge in [-0.15, -0.1) is 11.8 Å². The van der Waals surface area contributed by atoms with E-state index in [4.69, 9.17) is 0 Å². The molecule has 0 unspecified atom stereocenters. The summed E-state index contributed by atoms with van der Waals surface area (Å²) in [4.78, 5) is 27.3.